The number of amides is 1. The number of carbonyl (C=O) groups excluding carboxylic acids is 1. The maximum absolute atomic E-state index is 14.5. The quantitative estimate of drug-likeness (QED) is 0.239. The Morgan fingerprint density at radius 3 is 2.43 bits per heavy atom. The summed E-state index contributed by atoms with van der Waals surface area (Å²) < 4.78 is 58.7. The molecule has 230 valence electrons. The number of allylic oxidation sites excluding steroid dienone is 3. The summed E-state index contributed by atoms with van der Waals surface area (Å²) in [6.45, 7) is 2.10. The van der Waals surface area contributed by atoms with Gasteiger partial charge in [-0.1, -0.05) is 55.5 Å². The summed E-state index contributed by atoms with van der Waals surface area (Å²) in [6.07, 6.45) is 8.64. The molecule has 44 heavy (non-hydrogen) atoms. The maximum atomic E-state index is 14.5. The molecular formula is C36H37F4N3O. The predicted molar refractivity (Wildman–Crippen MR) is 163 cm³/mol. The third-order valence-corrected chi connectivity index (χ3v) is 10.7. The lowest BCUT2D eigenvalue weighted by Crippen LogP contribution is -2.49. The Kier molecular flexibility index (Phi) is 7.29. The van der Waals surface area contributed by atoms with Crippen LogP contribution < -0.4 is 5.32 Å². The molecular weight excluding hydrogens is 566 g/mol. The third kappa shape index (κ3) is 5.10. The number of rotatable bonds is 4. The van der Waals surface area contributed by atoms with Gasteiger partial charge in [0.15, 0.2) is 0 Å². The molecule has 0 spiro atoms. The van der Waals surface area contributed by atoms with Crippen molar-refractivity contribution in [3.63, 3.8) is 0 Å². The second-order valence-corrected chi connectivity index (χ2v) is 13.3. The lowest BCUT2D eigenvalue weighted by molar-refractivity contribution is -0.196. The van der Waals surface area contributed by atoms with Gasteiger partial charge in [-0.3, -0.25) is 4.79 Å². The van der Waals surface area contributed by atoms with Gasteiger partial charge in [0, 0.05) is 11.1 Å². The lowest BCUT2D eigenvalue weighted by atomic mass is 9.54. The van der Waals surface area contributed by atoms with Gasteiger partial charge in [-0.25, -0.2) is 9.07 Å². The first-order chi connectivity index (χ1) is 21.1. The summed E-state index contributed by atoms with van der Waals surface area (Å²) >= 11 is 0. The third-order valence-electron chi connectivity index (χ3n) is 10.7. The molecule has 1 amide bonds. The molecule has 4 atom stereocenters. The Morgan fingerprint density at radius 1 is 1.00 bits per heavy atom. The number of anilines is 1. The largest absolute Gasteiger partial charge is 0.392 e. The van der Waals surface area contributed by atoms with Gasteiger partial charge in [0.05, 0.1) is 29.4 Å². The molecule has 4 nitrogen and oxygen atoms in total. The van der Waals surface area contributed by atoms with E-state index in [2.05, 4.69) is 23.4 Å². The normalized spacial score (nSPS) is 27.0. The molecule has 0 saturated heterocycles. The van der Waals surface area contributed by atoms with Crippen molar-refractivity contribution in [1.29, 1.82) is 0 Å². The van der Waals surface area contributed by atoms with Crippen molar-refractivity contribution in [3.05, 3.63) is 94.6 Å². The van der Waals surface area contributed by atoms with Crippen LogP contribution in [0.1, 0.15) is 81.0 Å². The topological polar surface area (TPSA) is 46.9 Å². The first-order valence-electron chi connectivity index (χ1n) is 15.8. The van der Waals surface area contributed by atoms with Crippen LogP contribution in [0, 0.1) is 29.0 Å². The van der Waals surface area contributed by atoms with E-state index >= 15 is 0 Å². The molecule has 1 aromatic heterocycles. The monoisotopic (exact) mass is 603 g/mol. The molecule has 0 radical (unpaired) electrons. The number of nitrogens with one attached hydrogen (secondary N) is 1. The van der Waals surface area contributed by atoms with Gasteiger partial charge < -0.3 is 5.32 Å². The first-order valence-corrected chi connectivity index (χ1v) is 15.8. The minimum Gasteiger partial charge on any atom is -0.326 e. The van der Waals surface area contributed by atoms with Crippen LogP contribution in [0.5, 0.6) is 0 Å². The van der Waals surface area contributed by atoms with Crippen LogP contribution in [0.4, 0.5) is 23.2 Å². The van der Waals surface area contributed by atoms with Crippen molar-refractivity contribution in [2.24, 2.45) is 23.2 Å². The standard InChI is InChI=1S/C36H37F4N3O/c1-35-20-24-21-41-43(28-14-10-26(37)11-15-28)32(24)19-25(35)9-16-29-30(35)17-18-31(36(38,39)40)33(29)34(44)42-27-12-7-23(8-13-27)22-5-3-2-4-6-22/h7-8,10-15,17,19,21-22,29,31,33H,2-6,9,16,18,20H2,1H3,(H,42,44)/t29-,31+,33+,35-/m0/s1. The average Bonchev–Trinajstić information content (AvgIpc) is 3.42. The number of fused-ring (bicyclic) bond motifs is 4. The maximum Gasteiger partial charge on any atom is 0.392 e. The summed E-state index contributed by atoms with van der Waals surface area (Å²) in [5, 5.41) is 7.46. The number of halogens is 4. The summed E-state index contributed by atoms with van der Waals surface area (Å²) in [4.78, 5) is 13.8. The molecule has 2 saturated carbocycles. The Hall–Kier alpha value is -3.68. The molecule has 2 fully saturated rings. The van der Waals surface area contributed by atoms with E-state index in [0.717, 1.165) is 40.9 Å². The molecule has 3 aromatic rings. The number of hydrogen-bond acceptors (Lipinski definition) is 2. The van der Waals surface area contributed by atoms with E-state index in [0.29, 0.717) is 30.9 Å². The smallest absolute Gasteiger partial charge is 0.326 e. The van der Waals surface area contributed by atoms with Gasteiger partial charge in [-0.2, -0.15) is 18.3 Å². The second kappa shape index (κ2) is 11.0. The minimum atomic E-state index is -4.48. The van der Waals surface area contributed by atoms with Gasteiger partial charge in [0.1, 0.15) is 5.82 Å². The molecule has 0 unspecified atom stereocenters. The molecule has 7 rings (SSSR count). The van der Waals surface area contributed by atoms with Crippen molar-refractivity contribution in [2.45, 2.75) is 76.8 Å². The van der Waals surface area contributed by atoms with E-state index in [9.17, 15) is 22.4 Å². The number of aromatic nitrogens is 2. The average molecular weight is 604 g/mol. The SMILES string of the molecule is C[C@]12Cc3cnn(-c4ccc(F)cc4)c3C=C1CC[C@H]1C2=CC[C@@H](C(F)(F)F)[C@@H]1C(=O)Nc1ccc(C2CCCCC2)cc1. The summed E-state index contributed by atoms with van der Waals surface area (Å²) in [7, 11) is 0. The van der Waals surface area contributed by atoms with E-state index in [1.807, 2.05) is 24.3 Å². The first kappa shape index (κ1) is 29.1. The molecule has 0 aliphatic heterocycles. The van der Waals surface area contributed by atoms with Crippen LogP contribution >= 0.6 is 0 Å². The van der Waals surface area contributed by atoms with Crippen molar-refractivity contribution in [2.75, 3.05) is 5.32 Å². The number of benzene rings is 2. The zero-order valence-electron chi connectivity index (χ0n) is 24.8. The van der Waals surface area contributed by atoms with Gasteiger partial charge in [-0.05, 0) is 104 Å². The molecule has 1 heterocycles. The van der Waals surface area contributed by atoms with E-state index in [4.69, 9.17) is 0 Å². The fourth-order valence-electron chi connectivity index (χ4n) is 8.43. The lowest BCUT2D eigenvalue weighted by Gasteiger charge is -2.50. The highest BCUT2D eigenvalue weighted by Crippen LogP contribution is 2.59. The highest BCUT2D eigenvalue weighted by molar-refractivity contribution is 5.93. The van der Waals surface area contributed by atoms with Crippen molar-refractivity contribution >= 4 is 17.7 Å². The minimum absolute atomic E-state index is 0.210. The number of nitrogens with zero attached hydrogens (tertiary/aromatic N) is 2. The molecule has 0 bridgehead atoms. The van der Waals surface area contributed by atoms with E-state index in [1.54, 1.807) is 29.1 Å². The van der Waals surface area contributed by atoms with Crippen LogP contribution in [-0.4, -0.2) is 21.9 Å². The van der Waals surface area contributed by atoms with Crippen molar-refractivity contribution in [1.82, 2.24) is 9.78 Å². The van der Waals surface area contributed by atoms with Crippen LogP contribution in [0.25, 0.3) is 11.8 Å². The highest BCUT2D eigenvalue weighted by atomic mass is 19.4. The van der Waals surface area contributed by atoms with E-state index in [1.165, 1.54) is 37.0 Å². The van der Waals surface area contributed by atoms with Gasteiger partial charge in [0.25, 0.3) is 0 Å². The second-order valence-electron chi connectivity index (χ2n) is 13.3. The van der Waals surface area contributed by atoms with Crippen LogP contribution in [0.15, 0.2) is 72.0 Å². The fourth-order valence-corrected chi connectivity index (χ4v) is 8.43. The van der Waals surface area contributed by atoms with Gasteiger partial charge in [0.2, 0.25) is 5.91 Å². The molecule has 1 N–H and O–H groups in total. The van der Waals surface area contributed by atoms with Crippen molar-refractivity contribution in [3.8, 4) is 5.69 Å². The van der Waals surface area contributed by atoms with Crippen LogP contribution in [0.3, 0.4) is 0 Å². The summed E-state index contributed by atoms with van der Waals surface area (Å²) in [5.41, 5.74) is 6.00. The predicted octanol–water partition coefficient (Wildman–Crippen LogP) is 9.18. The van der Waals surface area contributed by atoms with Crippen molar-refractivity contribution < 1.29 is 22.4 Å². The Morgan fingerprint density at radius 2 is 1.73 bits per heavy atom. The van der Waals surface area contributed by atoms with E-state index in [-0.39, 0.29) is 12.2 Å². The Balaban J connectivity index is 1.16. The highest BCUT2D eigenvalue weighted by Gasteiger charge is 2.56. The zero-order valence-corrected chi connectivity index (χ0v) is 24.8. The molecule has 2 aromatic carbocycles. The van der Waals surface area contributed by atoms with Crippen LogP contribution in [-0.2, 0) is 11.2 Å². The van der Waals surface area contributed by atoms with E-state index < -0.39 is 35.3 Å². The number of alkyl halides is 3. The van der Waals surface area contributed by atoms with Gasteiger partial charge in [-0.15, -0.1) is 0 Å². The molecule has 4 aliphatic carbocycles. The molecule has 8 heteroatoms. The van der Waals surface area contributed by atoms with Gasteiger partial charge >= 0.3 is 6.18 Å². The molecule has 4 aliphatic rings. The Bertz CT molecular complexity index is 1610. The summed E-state index contributed by atoms with van der Waals surface area (Å²) in [6, 6.07) is 13.9. The Labute approximate surface area is 255 Å². The summed E-state index contributed by atoms with van der Waals surface area (Å²) in [5.74, 6) is -3.80. The number of hydrogen-bond donors (Lipinski definition) is 1. The zero-order chi connectivity index (χ0) is 30.6. The fraction of sp³-hybridized carbons (Fsp3) is 0.444. The van der Waals surface area contributed by atoms with Crippen LogP contribution in [0.2, 0.25) is 0 Å². The number of carbonyl (C=O) groups is 1.